The zero-order valence-electron chi connectivity index (χ0n) is 12.6. The molecule has 3 heterocycles. The SMILES string of the molecule is NC1CCCN(C(=O)c2ccc(-c3nc4ccccc4s3)s2)C1. The summed E-state index contributed by atoms with van der Waals surface area (Å²) in [6.45, 7) is 1.47. The molecule has 6 heteroatoms. The van der Waals surface area contributed by atoms with Crippen LogP contribution >= 0.6 is 22.7 Å². The van der Waals surface area contributed by atoms with Crippen molar-refractivity contribution in [1.82, 2.24) is 9.88 Å². The highest BCUT2D eigenvalue weighted by molar-refractivity contribution is 7.26. The smallest absolute Gasteiger partial charge is 0.263 e. The lowest BCUT2D eigenvalue weighted by Gasteiger charge is -2.30. The lowest BCUT2D eigenvalue weighted by molar-refractivity contribution is 0.0714. The minimum atomic E-state index is 0.0949. The lowest BCUT2D eigenvalue weighted by atomic mass is 10.1. The maximum Gasteiger partial charge on any atom is 0.263 e. The number of piperidine rings is 1. The van der Waals surface area contributed by atoms with E-state index < -0.39 is 0 Å². The van der Waals surface area contributed by atoms with Gasteiger partial charge in [-0.2, -0.15) is 0 Å². The number of para-hydroxylation sites is 1. The molecule has 2 N–H and O–H groups in total. The van der Waals surface area contributed by atoms with Crippen molar-refractivity contribution in [2.45, 2.75) is 18.9 Å². The zero-order chi connectivity index (χ0) is 15.8. The number of nitrogens with two attached hydrogens (primary N) is 1. The number of fused-ring (bicyclic) bond motifs is 1. The summed E-state index contributed by atoms with van der Waals surface area (Å²) in [6.07, 6.45) is 1.99. The van der Waals surface area contributed by atoms with Gasteiger partial charge in [0.25, 0.3) is 5.91 Å². The summed E-state index contributed by atoms with van der Waals surface area (Å²) in [6, 6.07) is 12.1. The van der Waals surface area contributed by atoms with Gasteiger partial charge >= 0.3 is 0 Å². The third-order valence-corrected chi connectivity index (χ3v) is 6.35. The maximum absolute atomic E-state index is 12.6. The summed E-state index contributed by atoms with van der Waals surface area (Å²) in [5, 5.41) is 0.977. The number of thiophene rings is 1. The molecule has 118 valence electrons. The Hall–Kier alpha value is -1.76. The normalized spacial score (nSPS) is 18.5. The van der Waals surface area contributed by atoms with Crippen molar-refractivity contribution in [3.05, 3.63) is 41.3 Å². The summed E-state index contributed by atoms with van der Waals surface area (Å²) >= 11 is 3.19. The van der Waals surface area contributed by atoms with E-state index in [0.29, 0.717) is 6.54 Å². The van der Waals surface area contributed by atoms with Crippen LogP contribution in [0.3, 0.4) is 0 Å². The fourth-order valence-corrected chi connectivity index (χ4v) is 4.89. The number of aromatic nitrogens is 1. The van der Waals surface area contributed by atoms with E-state index in [2.05, 4.69) is 11.1 Å². The fourth-order valence-electron chi connectivity index (χ4n) is 2.90. The van der Waals surface area contributed by atoms with Crippen LogP contribution in [0.4, 0.5) is 0 Å². The summed E-state index contributed by atoms with van der Waals surface area (Å²) in [7, 11) is 0. The third-order valence-electron chi connectivity index (χ3n) is 4.07. The van der Waals surface area contributed by atoms with Crippen molar-refractivity contribution in [2.75, 3.05) is 13.1 Å². The van der Waals surface area contributed by atoms with Crippen molar-refractivity contribution < 1.29 is 4.79 Å². The number of likely N-dealkylation sites (tertiary alicyclic amines) is 1. The Morgan fingerprint density at radius 3 is 2.91 bits per heavy atom. The summed E-state index contributed by atoms with van der Waals surface area (Å²) in [4.78, 5) is 21.0. The van der Waals surface area contributed by atoms with Gasteiger partial charge in [0.2, 0.25) is 0 Å². The van der Waals surface area contributed by atoms with E-state index in [1.54, 1.807) is 11.3 Å². The summed E-state index contributed by atoms with van der Waals surface area (Å²) in [5.41, 5.74) is 6.99. The highest BCUT2D eigenvalue weighted by Gasteiger charge is 2.23. The Morgan fingerprint density at radius 2 is 2.09 bits per heavy atom. The Labute approximate surface area is 142 Å². The van der Waals surface area contributed by atoms with Crippen molar-refractivity contribution in [3.63, 3.8) is 0 Å². The molecule has 1 aliphatic heterocycles. The lowest BCUT2D eigenvalue weighted by Crippen LogP contribution is -2.45. The zero-order valence-corrected chi connectivity index (χ0v) is 14.2. The second-order valence-corrected chi connectivity index (χ2v) is 7.92. The van der Waals surface area contributed by atoms with E-state index in [-0.39, 0.29) is 11.9 Å². The second kappa shape index (κ2) is 6.03. The first-order valence-electron chi connectivity index (χ1n) is 7.71. The number of rotatable bonds is 2. The van der Waals surface area contributed by atoms with Crippen molar-refractivity contribution in [1.29, 1.82) is 0 Å². The highest BCUT2D eigenvalue weighted by Crippen LogP contribution is 2.34. The topological polar surface area (TPSA) is 59.2 Å². The number of hydrogen-bond acceptors (Lipinski definition) is 5. The quantitative estimate of drug-likeness (QED) is 0.773. The van der Waals surface area contributed by atoms with Gasteiger partial charge in [-0.3, -0.25) is 4.79 Å². The molecule has 4 nitrogen and oxygen atoms in total. The predicted molar refractivity (Wildman–Crippen MR) is 96.0 cm³/mol. The molecule has 1 fully saturated rings. The number of hydrogen-bond donors (Lipinski definition) is 1. The summed E-state index contributed by atoms with van der Waals surface area (Å²) < 4.78 is 1.17. The van der Waals surface area contributed by atoms with Crippen molar-refractivity contribution >= 4 is 38.8 Å². The first-order valence-corrected chi connectivity index (χ1v) is 9.34. The van der Waals surface area contributed by atoms with Crippen molar-refractivity contribution in [2.24, 2.45) is 5.73 Å². The van der Waals surface area contributed by atoms with Gasteiger partial charge in [-0.25, -0.2) is 4.98 Å². The van der Waals surface area contributed by atoms with Gasteiger partial charge in [0.1, 0.15) is 5.01 Å². The van der Waals surface area contributed by atoms with Crippen LogP contribution in [0.5, 0.6) is 0 Å². The predicted octanol–water partition coefficient (Wildman–Crippen LogP) is 3.59. The highest BCUT2D eigenvalue weighted by atomic mass is 32.1. The van der Waals surface area contributed by atoms with Crippen LogP contribution in [0.1, 0.15) is 22.5 Å². The standard InChI is InChI=1S/C17H17N3OS2/c18-11-4-3-9-20(10-11)17(21)15-8-7-14(22-15)16-19-12-5-1-2-6-13(12)23-16/h1-2,5-8,11H,3-4,9-10,18H2. The number of carbonyl (C=O) groups excluding carboxylic acids is 1. The minimum Gasteiger partial charge on any atom is -0.336 e. The monoisotopic (exact) mass is 343 g/mol. The van der Waals surface area contributed by atoms with Gasteiger partial charge in [0.05, 0.1) is 20.0 Å². The molecule has 0 spiro atoms. The molecular formula is C17H17N3OS2. The van der Waals surface area contributed by atoms with Gasteiger partial charge in [0, 0.05) is 19.1 Å². The molecule has 1 aliphatic rings. The van der Waals surface area contributed by atoms with Gasteiger partial charge in [-0.1, -0.05) is 12.1 Å². The van der Waals surface area contributed by atoms with Crippen LogP contribution < -0.4 is 5.73 Å². The maximum atomic E-state index is 12.6. The molecule has 1 atom stereocenters. The van der Waals surface area contributed by atoms with E-state index in [9.17, 15) is 4.79 Å². The number of nitrogens with zero attached hydrogens (tertiary/aromatic N) is 2. The summed E-state index contributed by atoms with van der Waals surface area (Å²) in [5.74, 6) is 0.0949. The van der Waals surface area contributed by atoms with E-state index in [0.717, 1.165) is 39.7 Å². The largest absolute Gasteiger partial charge is 0.336 e. The van der Waals surface area contributed by atoms with Crippen molar-refractivity contribution in [3.8, 4) is 9.88 Å². The Kier molecular flexibility index (Phi) is 3.88. The first kappa shape index (κ1) is 14.8. The van der Waals surface area contributed by atoms with Crippen LogP contribution in [0.2, 0.25) is 0 Å². The fraction of sp³-hybridized carbons (Fsp3) is 0.294. The second-order valence-electron chi connectivity index (χ2n) is 5.80. The number of benzene rings is 1. The number of thiazole rings is 1. The van der Waals surface area contributed by atoms with Crippen LogP contribution in [0.15, 0.2) is 36.4 Å². The molecule has 0 aliphatic carbocycles. The molecule has 23 heavy (non-hydrogen) atoms. The molecule has 0 radical (unpaired) electrons. The number of amides is 1. The average Bonchev–Trinajstić information content (AvgIpc) is 3.20. The van der Waals surface area contributed by atoms with E-state index in [4.69, 9.17) is 5.73 Å². The Bertz CT molecular complexity index is 821. The molecule has 0 saturated carbocycles. The third kappa shape index (κ3) is 2.89. The Balaban J connectivity index is 1.59. The Morgan fingerprint density at radius 1 is 1.22 bits per heavy atom. The minimum absolute atomic E-state index is 0.0949. The molecule has 1 aromatic carbocycles. The average molecular weight is 343 g/mol. The number of carbonyl (C=O) groups is 1. The molecule has 1 amide bonds. The van der Waals surface area contributed by atoms with Gasteiger partial charge in [-0.15, -0.1) is 22.7 Å². The molecular weight excluding hydrogens is 326 g/mol. The molecule has 4 rings (SSSR count). The molecule has 1 unspecified atom stereocenters. The molecule has 3 aromatic rings. The van der Waals surface area contributed by atoms with Gasteiger partial charge in [-0.05, 0) is 37.1 Å². The molecule has 2 aromatic heterocycles. The van der Waals surface area contributed by atoms with E-state index in [1.165, 1.54) is 16.0 Å². The van der Waals surface area contributed by atoms with E-state index in [1.807, 2.05) is 35.2 Å². The van der Waals surface area contributed by atoms with Crippen LogP contribution in [0, 0.1) is 0 Å². The van der Waals surface area contributed by atoms with Crippen LogP contribution in [-0.4, -0.2) is 34.9 Å². The van der Waals surface area contributed by atoms with Crippen LogP contribution in [0.25, 0.3) is 20.1 Å². The van der Waals surface area contributed by atoms with Gasteiger partial charge < -0.3 is 10.6 Å². The molecule has 1 saturated heterocycles. The van der Waals surface area contributed by atoms with E-state index >= 15 is 0 Å². The van der Waals surface area contributed by atoms with Gasteiger partial charge in [0.15, 0.2) is 0 Å². The van der Waals surface area contributed by atoms with Crippen LogP contribution in [-0.2, 0) is 0 Å². The first-order chi connectivity index (χ1) is 11.2. The molecule has 0 bridgehead atoms.